The summed E-state index contributed by atoms with van der Waals surface area (Å²) in [5.74, 6) is -1.79. The fraction of sp³-hybridized carbons (Fsp3) is 0.727. The summed E-state index contributed by atoms with van der Waals surface area (Å²) in [6.45, 7) is 2.07. The van der Waals surface area contributed by atoms with Gasteiger partial charge < -0.3 is 20.6 Å². The second-order valence-electron chi connectivity index (χ2n) is 4.71. The van der Waals surface area contributed by atoms with Crippen molar-refractivity contribution in [2.24, 2.45) is 11.7 Å². The van der Waals surface area contributed by atoms with Crippen molar-refractivity contribution in [1.82, 2.24) is 9.80 Å². The molecule has 1 aliphatic heterocycles. The van der Waals surface area contributed by atoms with Crippen LogP contribution < -0.4 is 5.73 Å². The number of carboxylic acid groups (broad SMARTS) is 1. The van der Waals surface area contributed by atoms with Gasteiger partial charge in [0.2, 0.25) is 5.91 Å². The summed E-state index contributed by atoms with van der Waals surface area (Å²) < 4.78 is 0. The van der Waals surface area contributed by atoms with E-state index in [1.165, 1.54) is 11.9 Å². The van der Waals surface area contributed by atoms with Crippen molar-refractivity contribution < 1.29 is 19.5 Å². The molecule has 3 amide bonds. The summed E-state index contributed by atoms with van der Waals surface area (Å²) in [6.07, 6.45) is 0.876. The monoisotopic (exact) mass is 257 g/mol. The molecule has 102 valence electrons. The van der Waals surface area contributed by atoms with E-state index in [1.807, 2.05) is 6.92 Å². The van der Waals surface area contributed by atoms with Gasteiger partial charge in [-0.3, -0.25) is 9.59 Å². The van der Waals surface area contributed by atoms with Crippen LogP contribution in [-0.2, 0) is 9.59 Å². The maximum Gasteiger partial charge on any atom is 0.320 e. The van der Waals surface area contributed by atoms with Gasteiger partial charge >= 0.3 is 12.0 Å². The molecule has 7 heteroatoms. The number of aliphatic carboxylic acids is 1. The molecule has 1 rings (SSSR count). The average molecular weight is 257 g/mol. The van der Waals surface area contributed by atoms with Crippen LogP contribution >= 0.6 is 0 Å². The molecule has 7 nitrogen and oxygen atoms in total. The average Bonchev–Trinajstić information content (AvgIpc) is 2.26. The van der Waals surface area contributed by atoms with E-state index in [0.717, 1.165) is 0 Å². The smallest absolute Gasteiger partial charge is 0.320 e. The number of rotatable bonds is 3. The Morgan fingerprint density at radius 1 is 1.44 bits per heavy atom. The Bertz CT molecular complexity index is 358. The van der Waals surface area contributed by atoms with Crippen molar-refractivity contribution >= 4 is 17.9 Å². The first-order chi connectivity index (χ1) is 8.32. The molecule has 3 N–H and O–H groups in total. The number of nitrogens with zero attached hydrogens (tertiary/aromatic N) is 2. The number of amides is 3. The third kappa shape index (κ3) is 3.35. The van der Waals surface area contributed by atoms with Crippen molar-refractivity contribution in [1.29, 1.82) is 0 Å². The van der Waals surface area contributed by atoms with Gasteiger partial charge in [-0.15, -0.1) is 0 Å². The Morgan fingerprint density at radius 3 is 2.50 bits per heavy atom. The van der Waals surface area contributed by atoms with Gasteiger partial charge in [-0.1, -0.05) is 0 Å². The molecular weight excluding hydrogens is 238 g/mol. The lowest BCUT2D eigenvalue weighted by Crippen LogP contribution is -2.51. The quantitative estimate of drug-likeness (QED) is 0.724. The van der Waals surface area contributed by atoms with Crippen molar-refractivity contribution in [2.75, 3.05) is 20.1 Å². The maximum absolute atomic E-state index is 12.0. The second kappa shape index (κ2) is 5.70. The highest BCUT2D eigenvalue weighted by Crippen LogP contribution is 2.23. The van der Waals surface area contributed by atoms with Crippen LogP contribution in [0.15, 0.2) is 0 Å². The molecule has 1 fully saturated rings. The molecule has 1 heterocycles. The van der Waals surface area contributed by atoms with Crippen molar-refractivity contribution in [2.45, 2.75) is 25.8 Å². The van der Waals surface area contributed by atoms with Gasteiger partial charge in [-0.2, -0.15) is 0 Å². The molecule has 2 unspecified atom stereocenters. The second-order valence-corrected chi connectivity index (χ2v) is 4.71. The van der Waals surface area contributed by atoms with Crippen molar-refractivity contribution in [3.8, 4) is 0 Å². The molecule has 0 aromatic carbocycles. The number of likely N-dealkylation sites (N-methyl/N-ethyl adjacent to an activating group) is 1. The van der Waals surface area contributed by atoms with E-state index >= 15 is 0 Å². The standard InChI is InChI=1S/C11H19N3O4/c1-7-5-8(10(16)17)3-4-14(7)11(18)13(2)6-9(12)15/h7-8H,3-6H2,1-2H3,(H2,12,15)(H,16,17). The maximum atomic E-state index is 12.0. The van der Waals surface area contributed by atoms with E-state index in [1.54, 1.807) is 4.90 Å². The third-order valence-electron chi connectivity index (χ3n) is 3.19. The predicted octanol–water partition coefficient (Wildman–Crippen LogP) is -0.291. The van der Waals surface area contributed by atoms with Gasteiger partial charge in [0, 0.05) is 19.6 Å². The zero-order chi connectivity index (χ0) is 13.9. The predicted molar refractivity (Wildman–Crippen MR) is 63.7 cm³/mol. The first-order valence-electron chi connectivity index (χ1n) is 5.85. The molecule has 0 bridgehead atoms. The Kier molecular flexibility index (Phi) is 4.52. The summed E-state index contributed by atoms with van der Waals surface area (Å²) in [5.41, 5.74) is 5.03. The molecule has 0 aliphatic carbocycles. The molecule has 0 saturated carbocycles. The van der Waals surface area contributed by atoms with Crippen LogP contribution in [0.2, 0.25) is 0 Å². The molecule has 0 aromatic rings. The number of urea groups is 1. The minimum Gasteiger partial charge on any atom is -0.481 e. The number of primary amides is 1. The Hall–Kier alpha value is -1.79. The fourth-order valence-corrected chi connectivity index (χ4v) is 2.20. The third-order valence-corrected chi connectivity index (χ3v) is 3.19. The summed E-state index contributed by atoms with van der Waals surface area (Å²) in [6, 6.07) is -0.437. The highest BCUT2D eigenvalue weighted by atomic mass is 16.4. The highest BCUT2D eigenvalue weighted by Gasteiger charge is 2.33. The van der Waals surface area contributed by atoms with Crippen LogP contribution in [0.25, 0.3) is 0 Å². The molecule has 1 saturated heterocycles. The lowest BCUT2D eigenvalue weighted by atomic mass is 9.92. The fourth-order valence-electron chi connectivity index (χ4n) is 2.20. The van der Waals surface area contributed by atoms with Crippen LogP contribution in [0.1, 0.15) is 19.8 Å². The van der Waals surface area contributed by atoms with E-state index in [9.17, 15) is 14.4 Å². The van der Waals surface area contributed by atoms with E-state index in [4.69, 9.17) is 10.8 Å². The van der Waals surface area contributed by atoms with Crippen molar-refractivity contribution in [3.63, 3.8) is 0 Å². The molecule has 0 radical (unpaired) electrons. The minimum absolute atomic E-state index is 0.135. The molecule has 0 aromatic heterocycles. The Morgan fingerprint density at radius 2 is 2.06 bits per heavy atom. The number of piperidine rings is 1. The molecule has 1 aliphatic rings. The van der Waals surface area contributed by atoms with Crippen LogP contribution in [-0.4, -0.2) is 59.0 Å². The lowest BCUT2D eigenvalue weighted by Gasteiger charge is -2.38. The first kappa shape index (κ1) is 14.3. The SMILES string of the molecule is CC1CC(C(=O)O)CCN1C(=O)N(C)CC(N)=O. The van der Waals surface area contributed by atoms with E-state index in [-0.39, 0.29) is 18.6 Å². The number of hydrogen-bond acceptors (Lipinski definition) is 3. The van der Waals surface area contributed by atoms with Gasteiger partial charge in [0.15, 0.2) is 0 Å². The lowest BCUT2D eigenvalue weighted by molar-refractivity contribution is -0.143. The number of carboxylic acids is 1. The Labute approximate surface area is 106 Å². The first-order valence-corrected chi connectivity index (χ1v) is 5.85. The summed E-state index contributed by atoms with van der Waals surface area (Å²) in [7, 11) is 1.50. The number of likely N-dealkylation sites (tertiary alicyclic amines) is 1. The number of carbonyl (C=O) groups is 3. The minimum atomic E-state index is -0.820. The molecule has 0 spiro atoms. The number of nitrogens with two attached hydrogens (primary N) is 1. The molecule has 2 atom stereocenters. The summed E-state index contributed by atoms with van der Waals surface area (Å²) >= 11 is 0. The van der Waals surface area contributed by atoms with Gasteiger partial charge in [-0.05, 0) is 19.8 Å². The summed E-state index contributed by atoms with van der Waals surface area (Å²) in [4.78, 5) is 36.5. The van der Waals surface area contributed by atoms with Crippen molar-refractivity contribution in [3.05, 3.63) is 0 Å². The highest BCUT2D eigenvalue weighted by molar-refractivity contribution is 5.83. The van der Waals surface area contributed by atoms with Gasteiger partial charge in [0.25, 0.3) is 0 Å². The van der Waals surface area contributed by atoms with Crippen LogP contribution in [0.5, 0.6) is 0 Å². The normalized spacial score (nSPS) is 23.6. The van der Waals surface area contributed by atoms with Crippen LogP contribution in [0.4, 0.5) is 4.79 Å². The van der Waals surface area contributed by atoms with E-state index in [2.05, 4.69) is 0 Å². The number of carbonyl (C=O) groups excluding carboxylic acids is 2. The molecule has 18 heavy (non-hydrogen) atoms. The van der Waals surface area contributed by atoms with Crippen LogP contribution in [0, 0.1) is 5.92 Å². The largest absolute Gasteiger partial charge is 0.481 e. The molecular formula is C11H19N3O4. The topological polar surface area (TPSA) is 104 Å². The Balaban J connectivity index is 2.60. The van der Waals surface area contributed by atoms with E-state index in [0.29, 0.717) is 19.4 Å². The van der Waals surface area contributed by atoms with Crippen LogP contribution in [0.3, 0.4) is 0 Å². The van der Waals surface area contributed by atoms with E-state index < -0.39 is 17.8 Å². The zero-order valence-electron chi connectivity index (χ0n) is 10.6. The summed E-state index contributed by atoms with van der Waals surface area (Å²) in [5, 5.41) is 8.93. The number of hydrogen-bond donors (Lipinski definition) is 2. The van der Waals surface area contributed by atoms with Gasteiger partial charge in [0.05, 0.1) is 5.92 Å². The zero-order valence-corrected chi connectivity index (χ0v) is 10.6. The van der Waals surface area contributed by atoms with Gasteiger partial charge in [-0.25, -0.2) is 4.79 Å². The van der Waals surface area contributed by atoms with Gasteiger partial charge in [0.1, 0.15) is 6.54 Å².